The van der Waals surface area contributed by atoms with Gasteiger partial charge in [-0.15, -0.1) is 0 Å². The first-order valence-electron chi connectivity index (χ1n) is 12.9. The van der Waals surface area contributed by atoms with E-state index < -0.39 is 37.1 Å². The zero-order valence-corrected chi connectivity index (χ0v) is 22.1. The zero-order valence-electron chi connectivity index (χ0n) is 21.1. The van der Waals surface area contributed by atoms with E-state index in [0.29, 0.717) is 23.0 Å². The SMILES string of the molecule is CC(C)[Si](O[C@@H]1CCC[C@@]23O[C@@H]2CC2C(=O)c4c(O)cccc4C(=O)[C@@]2(O)[C@@H]13)(C(C)C)C(C)C. The van der Waals surface area contributed by atoms with Gasteiger partial charge in [0.2, 0.25) is 8.32 Å². The lowest BCUT2D eigenvalue weighted by molar-refractivity contribution is -0.121. The molecule has 34 heavy (non-hydrogen) atoms. The quantitative estimate of drug-likeness (QED) is 0.448. The topological polar surface area (TPSA) is 96.4 Å². The molecule has 2 N–H and O–H groups in total. The van der Waals surface area contributed by atoms with Gasteiger partial charge in [-0.3, -0.25) is 9.59 Å². The molecule has 1 heterocycles. The number of carbonyl (C=O) groups excluding carboxylic acids is 2. The summed E-state index contributed by atoms with van der Waals surface area (Å²) in [4.78, 5) is 27.6. The van der Waals surface area contributed by atoms with Crippen LogP contribution in [0.2, 0.25) is 16.6 Å². The number of hydrogen-bond acceptors (Lipinski definition) is 6. The Balaban J connectivity index is 1.64. The molecule has 3 fully saturated rings. The molecule has 2 saturated carbocycles. The van der Waals surface area contributed by atoms with Gasteiger partial charge in [0, 0.05) is 5.56 Å². The molecule has 0 radical (unpaired) electrons. The van der Waals surface area contributed by atoms with Crippen LogP contribution >= 0.6 is 0 Å². The molecule has 6 nitrogen and oxygen atoms in total. The number of ketones is 2. The number of benzene rings is 1. The fraction of sp³-hybridized carbons (Fsp3) is 0.704. The fourth-order valence-electron chi connectivity index (χ4n) is 8.24. The number of rotatable bonds is 5. The molecule has 1 aliphatic heterocycles. The lowest BCUT2D eigenvalue weighted by atomic mass is 9.52. The third-order valence-electron chi connectivity index (χ3n) is 9.54. The van der Waals surface area contributed by atoms with Crippen molar-refractivity contribution in [2.24, 2.45) is 11.8 Å². The van der Waals surface area contributed by atoms with E-state index in [0.717, 1.165) is 19.3 Å². The van der Waals surface area contributed by atoms with Gasteiger partial charge in [0.15, 0.2) is 11.6 Å². The molecule has 3 aliphatic carbocycles. The predicted octanol–water partition coefficient (Wildman–Crippen LogP) is 5.02. The summed E-state index contributed by atoms with van der Waals surface area (Å²) < 4.78 is 13.5. The van der Waals surface area contributed by atoms with E-state index in [-0.39, 0.29) is 34.9 Å². The molecule has 0 aromatic heterocycles. The molecule has 0 amide bonds. The molecule has 186 valence electrons. The van der Waals surface area contributed by atoms with Crippen LogP contribution in [0.1, 0.15) is 87.9 Å². The maximum Gasteiger partial charge on any atom is 0.200 e. The zero-order chi connectivity index (χ0) is 24.8. The highest BCUT2D eigenvalue weighted by molar-refractivity contribution is 6.77. The lowest BCUT2D eigenvalue weighted by Gasteiger charge is -2.55. The van der Waals surface area contributed by atoms with Crippen molar-refractivity contribution in [3.8, 4) is 5.75 Å². The van der Waals surface area contributed by atoms with Crippen LogP contribution in [-0.4, -0.2) is 53.5 Å². The smallest absolute Gasteiger partial charge is 0.200 e. The summed E-state index contributed by atoms with van der Waals surface area (Å²) in [6, 6.07) is 4.53. The Bertz CT molecular complexity index is 1010. The average Bonchev–Trinajstić information content (AvgIpc) is 3.45. The number of Topliss-reactive ketones (excluding diaryl/α,β-unsaturated/α-hetero) is 2. The second-order valence-electron chi connectivity index (χ2n) is 11.9. The molecule has 1 aromatic carbocycles. The van der Waals surface area contributed by atoms with Gasteiger partial charge in [-0.1, -0.05) is 53.7 Å². The van der Waals surface area contributed by atoms with Gasteiger partial charge >= 0.3 is 0 Å². The van der Waals surface area contributed by atoms with Crippen LogP contribution in [0.15, 0.2) is 18.2 Å². The molecular weight excluding hydrogens is 448 g/mol. The van der Waals surface area contributed by atoms with Gasteiger partial charge in [-0.2, -0.15) is 0 Å². The van der Waals surface area contributed by atoms with Crippen molar-refractivity contribution in [1.29, 1.82) is 0 Å². The number of phenolic OH excluding ortho intramolecular Hbond substituents is 1. The molecule has 7 heteroatoms. The summed E-state index contributed by atoms with van der Waals surface area (Å²) >= 11 is 0. The van der Waals surface area contributed by atoms with Crippen molar-refractivity contribution in [2.45, 2.75) is 107 Å². The third kappa shape index (κ3) is 2.90. The number of epoxide rings is 1. The first-order chi connectivity index (χ1) is 15.9. The monoisotopic (exact) mass is 486 g/mol. The number of aliphatic hydroxyl groups is 1. The average molecular weight is 487 g/mol. The van der Waals surface area contributed by atoms with E-state index in [4.69, 9.17) is 9.16 Å². The minimum atomic E-state index is -2.32. The van der Waals surface area contributed by atoms with Gasteiger partial charge in [-0.05, 0) is 48.4 Å². The van der Waals surface area contributed by atoms with Crippen LogP contribution in [0.5, 0.6) is 5.75 Å². The van der Waals surface area contributed by atoms with Crippen LogP contribution in [0.3, 0.4) is 0 Å². The van der Waals surface area contributed by atoms with Crippen molar-refractivity contribution in [3.05, 3.63) is 29.3 Å². The van der Waals surface area contributed by atoms with E-state index in [1.165, 1.54) is 6.07 Å². The Morgan fingerprint density at radius 2 is 1.74 bits per heavy atom. The van der Waals surface area contributed by atoms with Gasteiger partial charge < -0.3 is 19.4 Å². The van der Waals surface area contributed by atoms with Crippen molar-refractivity contribution in [1.82, 2.24) is 0 Å². The van der Waals surface area contributed by atoms with E-state index in [2.05, 4.69) is 41.5 Å². The molecule has 5 rings (SSSR count). The summed E-state index contributed by atoms with van der Waals surface area (Å²) in [7, 11) is -2.32. The molecular formula is C27H38O6Si. The van der Waals surface area contributed by atoms with Crippen LogP contribution in [-0.2, 0) is 9.16 Å². The number of aromatic hydroxyl groups is 1. The second kappa shape index (κ2) is 7.73. The van der Waals surface area contributed by atoms with Gasteiger partial charge in [0.1, 0.15) is 17.0 Å². The molecule has 1 aromatic rings. The highest BCUT2D eigenvalue weighted by Crippen LogP contribution is 2.65. The van der Waals surface area contributed by atoms with E-state index >= 15 is 0 Å². The standard InChI is InChI=1S/C27H38O6Si/c1-14(2)34(15(3)4,16(5)6)33-20-11-8-12-26-21(32-26)13-18-23(29)22-17(9-7-10-19(22)28)25(30)27(18,31)24(20)26/h7,9-10,14-16,18,20-21,24,28,31H,8,11-13H2,1-6H3/t18?,20-,21-,24+,26-,27+/m1/s1. The summed E-state index contributed by atoms with van der Waals surface area (Å²) in [5, 5.41) is 22.8. The normalized spacial score (nSPS) is 36.9. The summed E-state index contributed by atoms with van der Waals surface area (Å²) in [6.07, 6.45) is 2.22. The highest BCUT2D eigenvalue weighted by Gasteiger charge is 2.78. The van der Waals surface area contributed by atoms with Crippen molar-refractivity contribution in [2.75, 3.05) is 0 Å². The Kier molecular flexibility index (Phi) is 5.49. The van der Waals surface area contributed by atoms with Crippen LogP contribution in [0.25, 0.3) is 0 Å². The number of carbonyl (C=O) groups is 2. The van der Waals surface area contributed by atoms with E-state index in [9.17, 15) is 19.8 Å². The Hall–Kier alpha value is -1.54. The first-order valence-corrected chi connectivity index (χ1v) is 15.1. The minimum Gasteiger partial charge on any atom is -0.507 e. The largest absolute Gasteiger partial charge is 0.507 e. The molecule has 1 unspecified atom stereocenters. The number of fused-ring (bicyclic) bond motifs is 3. The highest BCUT2D eigenvalue weighted by atomic mass is 28.4. The fourth-order valence-corrected chi connectivity index (χ4v) is 13.8. The van der Waals surface area contributed by atoms with Crippen LogP contribution in [0, 0.1) is 11.8 Å². The minimum absolute atomic E-state index is 0.0406. The summed E-state index contributed by atoms with van der Waals surface area (Å²) in [5.41, 5.74) is -1.27. The van der Waals surface area contributed by atoms with E-state index in [1.807, 2.05) is 0 Å². The Morgan fingerprint density at radius 3 is 2.35 bits per heavy atom. The van der Waals surface area contributed by atoms with E-state index in [1.54, 1.807) is 12.1 Å². The number of phenols is 1. The number of ether oxygens (including phenoxy) is 1. The maximum atomic E-state index is 14.0. The van der Waals surface area contributed by atoms with Crippen LogP contribution < -0.4 is 0 Å². The first kappa shape index (κ1) is 24.2. The van der Waals surface area contributed by atoms with Crippen molar-refractivity contribution in [3.63, 3.8) is 0 Å². The molecule has 4 aliphatic rings. The predicted molar refractivity (Wildman–Crippen MR) is 131 cm³/mol. The third-order valence-corrected chi connectivity index (χ3v) is 15.7. The van der Waals surface area contributed by atoms with Gasteiger partial charge in [0.25, 0.3) is 0 Å². The maximum absolute atomic E-state index is 14.0. The van der Waals surface area contributed by atoms with Crippen molar-refractivity contribution >= 4 is 19.9 Å². The summed E-state index contributed by atoms with van der Waals surface area (Å²) in [5.74, 6) is -2.54. The Labute approximate surface area is 203 Å². The molecule has 0 bridgehead atoms. The summed E-state index contributed by atoms with van der Waals surface area (Å²) in [6.45, 7) is 13.4. The molecule has 6 atom stereocenters. The molecule has 1 spiro atoms. The Morgan fingerprint density at radius 1 is 1.09 bits per heavy atom. The van der Waals surface area contributed by atoms with Crippen molar-refractivity contribution < 1.29 is 29.0 Å². The number of hydrogen-bond donors (Lipinski definition) is 2. The lowest BCUT2D eigenvalue weighted by Crippen LogP contribution is -2.69. The second-order valence-corrected chi connectivity index (χ2v) is 17.3. The van der Waals surface area contributed by atoms with Crippen LogP contribution in [0.4, 0.5) is 0 Å². The molecule has 1 saturated heterocycles. The van der Waals surface area contributed by atoms with Gasteiger partial charge in [-0.25, -0.2) is 0 Å². The van der Waals surface area contributed by atoms with Gasteiger partial charge in [0.05, 0.1) is 29.6 Å².